The Morgan fingerprint density at radius 3 is 2.72 bits per heavy atom. The van der Waals surface area contributed by atoms with Crippen LogP contribution in [0.3, 0.4) is 0 Å². The van der Waals surface area contributed by atoms with Gasteiger partial charge < -0.3 is 14.0 Å². The molecule has 2 rings (SSSR count). The van der Waals surface area contributed by atoms with E-state index in [0.717, 1.165) is 12.7 Å². The first-order chi connectivity index (χ1) is 8.28. The first kappa shape index (κ1) is 13.4. The van der Waals surface area contributed by atoms with Crippen LogP contribution in [0.1, 0.15) is 40.0 Å². The van der Waals surface area contributed by atoms with Gasteiger partial charge in [0.1, 0.15) is 5.60 Å². The van der Waals surface area contributed by atoms with E-state index < -0.39 is 12.2 Å². The highest BCUT2D eigenvalue weighted by atomic mass is 16.6. The molecule has 0 amide bonds. The van der Waals surface area contributed by atoms with Crippen LogP contribution in [0.15, 0.2) is 0 Å². The number of hydrogen-bond acceptors (Lipinski definition) is 5. The third-order valence-electron chi connectivity index (χ3n) is 3.32. The molecule has 1 unspecified atom stereocenters. The molecule has 2 aliphatic rings. The van der Waals surface area contributed by atoms with Crippen LogP contribution in [0.2, 0.25) is 12.6 Å². The van der Waals surface area contributed by atoms with E-state index >= 15 is 0 Å². The summed E-state index contributed by atoms with van der Waals surface area (Å²) in [5.74, 6) is -0.447. The van der Waals surface area contributed by atoms with E-state index in [1.165, 1.54) is 0 Å². The normalized spacial score (nSPS) is 31.7. The third-order valence-corrected chi connectivity index (χ3v) is 3.32. The van der Waals surface area contributed by atoms with Crippen LogP contribution in [0.5, 0.6) is 0 Å². The Balaban J connectivity index is 1.83. The maximum Gasteiger partial charge on any atom is 0.308 e. The van der Waals surface area contributed by atoms with Crippen LogP contribution in [0.25, 0.3) is 0 Å². The topological polar surface area (TPSA) is 61.8 Å². The highest BCUT2D eigenvalue weighted by molar-refractivity contribution is 6.71. The fraction of sp³-hybridized carbons (Fsp3) is 0.833. The summed E-state index contributed by atoms with van der Waals surface area (Å²) in [7, 11) is 0. The van der Waals surface area contributed by atoms with Crippen molar-refractivity contribution in [2.75, 3.05) is 0 Å². The molecule has 1 spiro atoms. The minimum absolute atomic E-state index is 0.175. The van der Waals surface area contributed by atoms with Gasteiger partial charge in [-0.1, -0.05) is 6.42 Å². The van der Waals surface area contributed by atoms with Gasteiger partial charge in [0.05, 0.1) is 6.42 Å². The van der Waals surface area contributed by atoms with E-state index in [1.807, 2.05) is 20.8 Å². The number of ether oxygens (including phenoxy) is 1. The Hall–Kier alpha value is -1.04. The van der Waals surface area contributed by atoms with Gasteiger partial charge in [-0.25, -0.2) is 0 Å². The van der Waals surface area contributed by atoms with Gasteiger partial charge in [0.25, 0.3) is 12.5 Å². The van der Waals surface area contributed by atoms with Crippen LogP contribution in [0, 0.1) is 0 Å². The summed E-state index contributed by atoms with van der Waals surface area (Å²) in [4.78, 5) is 22.8. The number of hydrogen-bond donors (Lipinski definition) is 0. The average Bonchev–Trinajstić information content (AvgIpc) is 2.72. The zero-order chi connectivity index (χ0) is 13.4. The highest BCUT2D eigenvalue weighted by Gasteiger charge is 2.43. The lowest BCUT2D eigenvalue weighted by Crippen LogP contribution is -2.35. The molecule has 0 saturated carbocycles. The molecule has 6 heteroatoms. The van der Waals surface area contributed by atoms with Crippen LogP contribution < -0.4 is 0 Å². The van der Waals surface area contributed by atoms with Crippen molar-refractivity contribution >= 4 is 18.5 Å². The maximum absolute atomic E-state index is 11.7. The number of esters is 1. The fourth-order valence-electron chi connectivity index (χ4n) is 2.64. The Kier molecular flexibility index (Phi) is 3.40. The van der Waals surface area contributed by atoms with Crippen molar-refractivity contribution in [2.24, 2.45) is 0 Å². The summed E-state index contributed by atoms with van der Waals surface area (Å²) in [5.41, 5.74) is -0.474. The molecule has 0 aliphatic carbocycles. The quantitative estimate of drug-likeness (QED) is 0.557. The Labute approximate surface area is 107 Å². The first-order valence-electron chi connectivity index (χ1n) is 6.57. The highest BCUT2D eigenvalue weighted by Crippen LogP contribution is 2.38. The van der Waals surface area contributed by atoms with Gasteiger partial charge in [-0.05, 0) is 20.8 Å². The molecule has 0 bridgehead atoms. The molecule has 2 fully saturated rings. The Morgan fingerprint density at radius 1 is 1.44 bits per heavy atom. The largest absolute Gasteiger partial charge is 0.666 e. The molecule has 0 radical (unpaired) electrons. The van der Waals surface area contributed by atoms with Gasteiger partial charge in [0.2, 0.25) is 0 Å². The molecule has 0 aromatic rings. The first-order valence-corrected chi connectivity index (χ1v) is 6.57. The molecule has 0 N–H and O–H groups in total. The van der Waals surface area contributed by atoms with E-state index in [9.17, 15) is 9.59 Å². The molecular formula is C12H20BO5-. The minimum atomic E-state index is -1.44. The molecule has 0 aromatic heterocycles. The fourth-order valence-corrected chi connectivity index (χ4v) is 2.64. The number of carbonyl (C=O) groups is 2. The zero-order valence-electron chi connectivity index (χ0n) is 11.2. The van der Waals surface area contributed by atoms with E-state index in [2.05, 4.69) is 0 Å². The second kappa shape index (κ2) is 4.57. The molecular weight excluding hydrogens is 235 g/mol. The molecule has 2 atom stereocenters. The second-order valence-corrected chi connectivity index (χ2v) is 6.21. The van der Waals surface area contributed by atoms with Gasteiger partial charge in [0, 0.05) is 12.5 Å². The minimum Gasteiger partial charge on any atom is -0.666 e. The number of carbonyl (C=O) groups excluding carboxylic acids is 2. The summed E-state index contributed by atoms with van der Waals surface area (Å²) >= 11 is 0. The van der Waals surface area contributed by atoms with Crippen molar-refractivity contribution in [3.8, 4) is 0 Å². The molecule has 0 aromatic carbocycles. The molecule has 102 valence electrons. The summed E-state index contributed by atoms with van der Waals surface area (Å²) in [6.07, 6.45) is 2.64. The lowest BCUT2D eigenvalue weighted by molar-refractivity contribution is -0.156. The van der Waals surface area contributed by atoms with Gasteiger partial charge in [-0.3, -0.25) is 9.59 Å². The molecule has 5 nitrogen and oxygen atoms in total. The summed E-state index contributed by atoms with van der Waals surface area (Å²) in [6, 6.07) is 0. The van der Waals surface area contributed by atoms with Crippen LogP contribution in [-0.4, -0.2) is 30.2 Å². The van der Waals surface area contributed by atoms with Gasteiger partial charge in [0.15, 0.2) is 0 Å². The summed E-state index contributed by atoms with van der Waals surface area (Å²) < 4.78 is 16.3. The summed E-state index contributed by atoms with van der Waals surface area (Å²) in [6.45, 7) is 4.07. The van der Waals surface area contributed by atoms with E-state index in [-0.39, 0.29) is 24.5 Å². The van der Waals surface area contributed by atoms with Gasteiger partial charge in [-0.2, -0.15) is 0 Å². The lowest BCUT2D eigenvalue weighted by atomic mass is 9.54. The second-order valence-electron chi connectivity index (χ2n) is 6.21. The maximum atomic E-state index is 11.7. The molecule has 2 heterocycles. The van der Waals surface area contributed by atoms with Crippen molar-refractivity contribution in [1.82, 2.24) is 0 Å². The van der Waals surface area contributed by atoms with E-state index in [4.69, 9.17) is 14.0 Å². The van der Waals surface area contributed by atoms with Gasteiger partial charge in [-0.15, -0.1) is 12.6 Å². The van der Waals surface area contributed by atoms with E-state index in [0.29, 0.717) is 12.7 Å². The summed E-state index contributed by atoms with van der Waals surface area (Å²) in [5, 5.41) is 0. The smallest absolute Gasteiger partial charge is 0.308 e. The Morgan fingerprint density at radius 2 is 2.17 bits per heavy atom. The third kappa shape index (κ3) is 3.25. The number of rotatable bonds is 2. The zero-order valence-corrected chi connectivity index (χ0v) is 11.2. The SMILES string of the molecule is CC(C)(C)OC(=O)C[C@@H]1CC[B-]2(CCC(=O)O2)O1. The van der Waals surface area contributed by atoms with Gasteiger partial charge >= 0.3 is 5.97 Å². The average molecular weight is 255 g/mol. The van der Waals surface area contributed by atoms with Crippen LogP contribution in [-0.2, 0) is 23.6 Å². The predicted molar refractivity (Wildman–Crippen MR) is 66.0 cm³/mol. The van der Waals surface area contributed by atoms with Crippen molar-refractivity contribution in [3.63, 3.8) is 0 Å². The van der Waals surface area contributed by atoms with Crippen molar-refractivity contribution < 1.29 is 23.6 Å². The van der Waals surface area contributed by atoms with Crippen LogP contribution >= 0.6 is 0 Å². The van der Waals surface area contributed by atoms with Crippen molar-refractivity contribution in [1.29, 1.82) is 0 Å². The molecule has 2 aliphatic heterocycles. The van der Waals surface area contributed by atoms with E-state index in [1.54, 1.807) is 0 Å². The monoisotopic (exact) mass is 255 g/mol. The molecule has 18 heavy (non-hydrogen) atoms. The Bertz CT molecular complexity index is 362. The molecule has 2 saturated heterocycles. The van der Waals surface area contributed by atoms with Crippen molar-refractivity contribution in [2.45, 2.75) is 64.4 Å². The van der Waals surface area contributed by atoms with Crippen LogP contribution in [0.4, 0.5) is 0 Å². The predicted octanol–water partition coefficient (Wildman–Crippen LogP) is 1.90. The van der Waals surface area contributed by atoms with Crippen molar-refractivity contribution in [3.05, 3.63) is 0 Å². The lowest BCUT2D eigenvalue weighted by Gasteiger charge is -2.31. The standard InChI is InChI=1S/C12H20BO5/c1-12(2,3)16-11(15)8-9-4-6-13(17-9)7-5-10(14)18-13/h9H,4-8H2,1-3H3/q-1/t9-,13?/m0/s1.